The molecule has 6 heteroatoms. The molecule has 2 rings (SSSR count). The number of carbonyl (C=O) groups is 1. The van der Waals surface area contributed by atoms with Gasteiger partial charge in [-0.05, 0) is 24.3 Å². The van der Waals surface area contributed by atoms with E-state index in [1.54, 1.807) is 24.3 Å². The predicted octanol–water partition coefficient (Wildman–Crippen LogP) is 2.52. The van der Waals surface area contributed by atoms with Gasteiger partial charge >= 0.3 is 0 Å². The van der Waals surface area contributed by atoms with Gasteiger partial charge in [0, 0.05) is 23.7 Å². The summed E-state index contributed by atoms with van der Waals surface area (Å²) in [4.78, 5) is 22.1. The fraction of sp³-hybridized carbons (Fsp3) is 0.214. The molecule has 0 heterocycles. The minimum absolute atomic E-state index is 0.277. The van der Waals surface area contributed by atoms with Crippen LogP contribution in [0.15, 0.2) is 48.1 Å². The molecule has 0 fully saturated rings. The van der Waals surface area contributed by atoms with Crippen LogP contribution < -0.4 is 0 Å². The lowest BCUT2D eigenvalue weighted by Crippen LogP contribution is -2.46. The number of allylic oxidation sites excluding steroid dienone is 2. The van der Waals surface area contributed by atoms with Crippen molar-refractivity contribution in [3.63, 3.8) is 0 Å². The lowest BCUT2D eigenvalue weighted by Gasteiger charge is -2.31. The maximum Gasteiger partial charge on any atom is 0.296 e. The number of nitro groups is 1. The van der Waals surface area contributed by atoms with Gasteiger partial charge in [0.05, 0.1) is 10.6 Å². The van der Waals surface area contributed by atoms with E-state index in [9.17, 15) is 14.9 Å². The normalized spacial score (nSPS) is 25.1. The average molecular weight is 294 g/mol. The Kier molecular flexibility index (Phi) is 4.01. The summed E-state index contributed by atoms with van der Waals surface area (Å²) < 4.78 is 5.22. The van der Waals surface area contributed by atoms with Crippen molar-refractivity contribution < 1.29 is 14.5 Å². The van der Waals surface area contributed by atoms with Crippen molar-refractivity contribution in [3.05, 3.63) is 68.8 Å². The molecule has 0 radical (unpaired) electrons. The molecule has 0 bridgehead atoms. The topological polar surface area (TPSA) is 69.4 Å². The molecule has 0 aliphatic heterocycles. The van der Waals surface area contributed by atoms with E-state index in [1.807, 2.05) is 0 Å². The molecule has 0 amide bonds. The first kappa shape index (κ1) is 14.4. The maximum absolute atomic E-state index is 11.7. The first-order chi connectivity index (χ1) is 9.56. The highest BCUT2D eigenvalue weighted by molar-refractivity contribution is 6.31. The highest BCUT2D eigenvalue weighted by atomic mass is 35.5. The number of methoxy groups -OCH3 is 1. The van der Waals surface area contributed by atoms with Crippen LogP contribution in [0.1, 0.15) is 5.56 Å². The fourth-order valence-corrected chi connectivity index (χ4v) is 2.58. The molecular formula is C14H12ClNO4. The molecule has 0 aromatic heterocycles. The van der Waals surface area contributed by atoms with Gasteiger partial charge in [-0.25, -0.2) is 0 Å². The first-order valence-corrected chi connectivity index (χ1v) is 6.22. The SMILES string of the molecule is COC1C=C(C=O)C=CC1(c1ccccc1Cl)[N+](=O)[O-]. The number of nitrogens with zero attached hydrogens (tertiary/aromatic N) is 1. The van der Waals surface area contributed by atoms with Crippen molar-refractivity contribution in [3.8, 4) is 0 Å². The third-order valence-electron chi connectivity index (χ3n) is 3.30. The predicted molar refractivity (Wildman–Crippen MR) is 74.2 cm³/mol. The van der Waals surface area contributed by atoms with E-state index in [2.05, 4.69) is 0 Å². The van der Waals surface area contributed by atoms with E-state index in [1.165, 1.54) is 25.3 Å². The van der Waals surface area contributed by atoms with E-state index in [0.717, 1.165) is 0 Å². The Balaban J connectivity index is 2.66. The Morgan fingerprint density at radius 1 is 1.45 bits per heavy atom. The van der Waals surface area contributed by atoms with Crippen LogP contribution in [0.2, 0.25) is 5.02 Å². The van der Waals surface area contributed by atoms with Gasteiger partial charge < -0.3 is 4.74 Å². The summed E-state index contributed by atoms with van der Waals surface area (Å²) in [6.45, 7) is 0. The van der Waals surface area contributed by atoms with Crippen LogP contribution in [0.4, 0.5) is 0 Å². The van der Waals surface area contributed by atoms with Gasteiger partial charge in [-0.3, -0.25) is 14.9 Å². The Bertz CT molecular complexity index is 611. The van der Waals surface area contributed by atoms with Crippen molar-refractivity contribution in [2.24, 2.45) is 0 Å². The minimum Gasteiger partial charge on any atom is -0.369 e. The van der Waals surface area contributed by atoms with Gasteiger partial charge in [0.2, 0.25) is 0 Å². The first-order valence-electron chi connectivity index (χ1n) is 5.84. The van der Waals surface area contributed by atoms with E-state index in [-0.39, 0.29) is 5.02 Å². The monoisotopic (exact) mass is 293 g/mol. The lowest BCUT2D eigenvalue weighted by atomic mass is 9.80. The molecular weight excluding hydrogens is 282 g/mol. The largest absolute Gasteiger partial charge is 0.369 e. The van der Waals surface area contributed by atoms with Gasteiger partial charge in [0.25, 0.3) is 5.54 Å². The van der Waals surface area contributed by atoms with Crippen LogP contribution in [0.5, 0.6) is 0 Å². The zero-order valence-corrected chi connectivity index (χ0v) is 11.4. The minimum atomic E-state index is -1.64. The molecule has 0 saturated carbocycles. The molecule has 0 saturated heterocycles. The molecule has 1 aliphatic carbocycles. The standard InChI is InChI=1S/C14H12ClNO4/c1-20-13-8-10(9-17)6-7-14(13,16(18)19)11-4-2-3-5-12(11)15/h2-9,13H,1H3. The van der Waals surface area contributed by atoms with E-state index >= 15 is 0 Å². The Morgan fingerprint density at radius 2 is 2.15 bits per heavy atom. The zero-order chi connectivity index (χ0) is 14.8. The number of halogens is 1. The van der Waals surface area contributed by atoms with Crippen molar-refractivity contribution in [1.29, 1.82) is 0 Å². The number of rotatable bonds is 4. The molecule has 20 heavy (non-hydrogen) atoms. The summed E-state index contributed by atoms with van der Waals surface area (Å²) in [5.41, 5.74) is -0.975. The Labute approximate surface area is 120 Å². The number of carbonyl (C=O) groups excluding carboxylic acids is 1. The quantitative estimate of drug-likeness (QED) is 0.486. The van der Waals surface area contributed by atoms with Crippen molar-refractivity contribution in [1.82, 2.24) is 0 Å². The summed E-state index contributed by atoms with van der Waals surface area (Å²) in [6, 6.07) is 6.54. The Hall–Kier alpha value is -1.98. The highest BCUT2D eigenvalue weighted by Crippen LogP contribution is 2.39. The second-order valence-electron chi connectivity index (χ2n) is 4.34. The molecule has 1 aromatic carbocycles. The van der Waals surface area contributed by atoms with Crippen molar-refractivity contribution in [2.75, 3.05) is 7.11 Å². The van der Waals surface area contributed by atoms with E-state index in [0.29, 0.717) is 17.4 Å². The average Bonchev–Trinajstić information content (AvgIpc) is 2.46. The van der Waals surface area contributed by atoms with E-state index in [4.69, 9.17) is 16.3 Å². The van der Waals surface area contributed by atoms with Crippen LogP contribution in [-0.2, 0) is 15.1 Å². The molecule has 5 nitrogen and oxygen atoms in total. The Morgan fingerprint density at radius 3 is 2.70 bits per heavy atom. The molecule has 0 spiro atoms. The fourth-order valence-electron chi connectivity index (χ4n) is 2.29. The summed E-state index contributed by atoms with van der Waals surface area (Å²) in [5, 5.41) is 12.0. The van der Waals surface area contributed by atoms with Crippen LogP contribution in [-0.4, -0.2) is 24.4 Å². The smallest absolute Gasteiger partial charge is 0.296 e. The number of hydrogen-bond acceptors (Lipinski definition) is 4. The van der Waals surface area contributed by atoms with Gasteiger partial charge in [-0.2, -0.15) is 0 Å². The highest BCUT2D eigenvalue weighted by Gasteiger charge is 2.52. The summed E-state index contributed by atoms with van der Waals surface area (Å²) in [6.07, 6.45) is 3.90. The molecule has 1 aliphatic rings. The number of hydrogen-bond donors (Lipinski definition) is 0. The van der Waals surface area contributed by atoms with Crippen LogP contribution >= 0.6 is 11.6 Å². The molecule has 2 atom stereocenters. The van der Waals surface area contributed by atoms with E-state index < -0.39 is 16.6 Å². The summed E-state index contributed by atoms with van der Waals surface area (Å²) in [5.74, 6) is 0. The lowest BCUT2D eigenvalue weighted by molar-refractivity contribution is -0.575. The summed E-state index contributed by atoms with van der Waals surface area (Å²) >= 11 is 6.10. The van der Waals surface area contributed by atoms with Crippen molar-refractivity contribution >= 4 is 17.9 Å². The van der Waals surface area contributed by atoms with Crippen LogP contribution in [0, 0.1) is 10.1 Å². The number of ether oxygens (including phenoxy) is 1. The summed E-state index contributed by atoms with van der Waals surface area (Å²) in [7, 11) is 1.36. The van der Waals surface area contributed by atoms with Gasteiger partial charge in [-0.1, -0.05) is 23.7 Å². The second-order valence-corrected chi connectivity index (χ2v) is 4.74. The molecule has 2 unspecified atom stereocenters. The molecule has 0 N–H and O–H groups in total. The number of benzene rings is 1. The molecule has 104 valence electrons. The zero-order valence-electron chi connectivity index (χ0n) is 10.7. The third kappa shape index (κ3) is 2.15. The van der Waals surface area contributed by atoms with Gasteiger partial charge in [-0.15, -0.1) is 0 Å². The molecule has 1 aromatic rings. The number of aldehydes is 1. The maximum atomic E-state index is 11.7. The van der Waals surface area contributed by atoms with Crippen LogP contribution in [0.25, 0.3) is 0 Å². The van der Waals surface area contributed by atoms with Gasteiger partial charge in [0.1, 0.15) is 6.29 Å². The third-order valence-corrected chi connectivity index (χ3v) is 3.63. The van der Waals surface area contributed by atoms with Crippen molar-refractivity contribution in [2.45, 2.75) is 11.6 Å². The second kappa shape index (κ2) is 5.56. The van der Waals surface area contributed by atoms with Gasteiger partial charge in [0.15, 0.2) is 6.10 Å². The van der Waals surface area contributed by atoms with Crippen LogP contribution in [0.3, 0.4) is 0 Å².